The van der Waals surface area contributed by atoms with Crippen molar-refractivity contribution in [2.75, 3.05) is 6.54 Å². The number of halogens is 4. The van der Waals surface area contributed by atoms with Crippen molar-refractivity contribution in [1.29, 1.82) is 0 Å². The molecule has 9 heteroatoms. The van der Waals surface area contributed by atoms with Crippen LogP contribution >= 0.6 is 0 Å². The van der Waals surface area contributed by atoms with Crippen LogP contribution in [-0.4, -0.2) is 15.0 Å². The molecule has 1 rings (SSSR count). The van der Waals surface area contributed by atoms with E-state index >= 15 is 0 Å². The van der Waals surface area contributed by atoms with E-state index in [9.17, 15) is 26.0 Å². The molecule has 1 aromatic carbocycles. The molecule has 17 heavy (non-hydrogen) atoms. The van der Waals surface area contributed by atoms with Gasteiger partial charge in [0, 0.05) is 0 Å². The van der Waals surface area contributed by atoms with Gasteiger partial charge in [-0.2, -0.15) is 21.9 Å². The van der Waals surface area contributed by atoms with E-state index in [-0.39, 0.29) is 0 Å². The Hall–Kier alpha value is -1.19. The van der Waals surface area contributed by atoms with Crippen LogP contribution in [0.5, 0.6) is 0 Å². The molecule has 0 aliphatic carbocycles. The van der Waals surface area contributed by atoms with Gasteiger partial charge in [-0.05, 0) is 18.2 Å². The average molecular weight is 272 g/mol. The lowest BCUT2D eigenvalue weighted by atomic mass is 10.1. The number of nitrogens with two attached hydrogens (primary N) is 1. The molecule has 1 aromatic rings. The van der Waals surface area contributed by atoms with Gasteiger partial charge in [0.25, 0.3) is 16.1 Å². The van der Waals surface area contributed by atoms with Crippen molar-refractivity contribution in [2.24, 2.45) is 5.14 Å². The zero-order valence-corrected chi connectivity index (χ0v) is 9.07. The molecule has 4 nitrogen and oxygen atoms in total. The van der Waals surface area contributed by atoms with Gasteiger partial charge in [-0.25, -0.2) is 13.9 Å². The van der Waals surface area contributed by atoms with Crippen LogP contribution in [0.1, 0.15) is 5.56 Å². The van der Waals surface area contributed by atoms with Gasteiger partial charge in [0.2, 0.25) is 0 Å². The van der Waals surface area contributed by atoms with Gasteiger partial charge in [0.15, 0.2) is 0 Å². The highest BCUT2D eigenvalue weighted by atomic mass is 32.2. The summed E-state index contributed by atoms with van der Waals surface area (Å²) in [7, 11) is -4.33. The van der Waals surface area contributed by atoms with Crippen LogP contribution in [0.15, 0.2) is 18.2 Å². The van der Waals surface area contributed by atoms with Gasteiger partial charge < -0.3 is 0 Å². The van der Waals surface area contributed by atoms with Crippen LogP contribution in [0.3, 0.4) is 0 Å². The summed E-state index contributed by atoms with van der Waals surface area (Å²) >= 11 is 0. The van der Waals surface area contributed by atoms with Crippen molar-refractivity contribution in [3.05, 3.63) is 35.4 Å². The Morgan fingerprint density at radius 2 is 1.88 bits per heavy atom. The van der Waals surface area contributed by atoms with Gasteiger partial charge in [-0.1, -0.05) is 0 Å². The minimum Gasteiger partial charge on any atom is -0.216 e. The highest BCUT2D eigenvalue weighted by Crippen LogP contribution is 2.29. The molecule has 0 radical (unpaired) electrons. The minimum absolute atomic E-state index is 0.292. The van der Waals surface area contributed by atoms with Crippen molar-refractivity contribution in [3.63, 3.8) is 0 Å². The number of benzene rings is 1. The molecular formula is C8H8F4N2O2S. The lowest BCUT2D eigenvalue weighted by Gasteiger charge is -2.17. The van der Waals surface area contributed by atoms with Crippen molar-refractivity contribution >= 4 is 10.2 Å². The Balaban J connectivity index is 3.00. The molecule has 0 fully saturated rings. The average Bonchev–Trinajstić information content (AvgIpc) is 2.18. The zero-order valence-electron chi connectivity index (χ0n) is 8.25. The fourth-order valence-electron chi connectivity index (χ4n) is 1.06. The van der Waals surface area contributed by atoms with Crippen molar-refractivity contribution in [3.8, 4) is 0 Å². The summed E-state index contributed by atoms with van der Waals surface area (Å²) < 4.78 is 74.6. The van der Waals surface area contributed by atoms with Gasteiger partial charge in [0.1, 0.15) is 11.6 Å². The Kier molecular flexibility index (Phi) is 3.74. The third-order valence-electron chi connectivity index (χ3n) is 1.82. The molecule has 0 amide bonds. The molecule has 0 saturated carbocycles. The number of hydrogen-bond donors (Lipinski definition) is 2. The molecule has 0 bridgehead atoms. The molecular weight excluding hydrogens is 264 g/mol. The highest BCUT2D eigenvalue weighted by molar-refractivity contribution is 7.87. The number of nitrogens with one attached hydrogen (secondary N) is 1. The summed E-state index contributed by atoms with van der Waals surface area (Å²) in [6.07, 6.45) is 0. The van der Waals surface area contributed by atoms with Gasteiger partial charge in [-0.15, -0.1) is 0 Å². The van der Waals surface area contributed by atoms with Crippen LogP contribution < -0.4 is 9.86 Å². The van der Waals surface area contributed by atoms with E-state index in [1.807, 2.05) is 0 Å². The van der Waals surface area contributed by atoms with E-state index in [4.69, 9.17) is 0 Å². The van der Waals surface area contributed by atoms with Crippen LogP contribution in [0.25, 0.3) is 0 Å². The fourth-order valence-corrected chi connectivity index (χ4v) is 1.45. The number of hydrogen-bond acceptors (Lipinski definition) is 2. The summed E-state index contributed by atoms with van der Waals surface area (Å²) in [5.41, 5.74) is -1.24. The minimum atomic E-state index is -4.33. The maximum Gasteiger partial charge on any atom is 0.289 e. The molecule has 0 saturated heterocycles. The monoisotopic (exact) mass is 272 g/mol. The first-order chi connectivity index (χ1) is 7.62. The molecule has 0 atom stereocenters. The maximum absolute atomic E-state index is 13.3. The summed E-state index contributed by atoms with van der Waals surface area (Å²) in [5.74, 6) is -6.30. The second kappa shape index (κ2) is 4.59. The number of rotatable bonds is 4. The zero-order chi connectivity index (χ0) is 13.3. The van der Waals surface area contributed by atoms with E-state index in [1.165, 1.54) is 4.72 Å². The topological polar surface area (TPSA) is 72.2 Å². The van der Waals surface area contributed by atoms with Crippen molar-refractivity contribution in [1.82, 2.24) is 4.72 Å². The SMILES string of the molecule is NS(=O)(=O)NCC(F)(F)c1cc(F)ccc1F. The first-order valence-corrected chi connectivity index (χ1v) is 5.77. The summed E-state index contributed by atoms with van der Waals surface area (Å²) in [4.78, 5) is 0. The second-order valence-corrected chi connectivity index (χ2v) is 4.57. The lowest BCUT2D eigenvalue weighted by molar-refractivity contribution is -0.00175. The first-order valence-electron chi connectivity index (χ1n) is 4.22. The maximum atomic E-state index is 13.3. The normalized spacial score (nSPS) is 12.8. The molecule has 0 aliphatic rings. The molecule has 3 N–H and O–H groups in total. The third-order valence-corrected chi connectivity index (χ3v) is 2.36. The Labute approximate surface area is 94.6 Å². The van der Waals surface area contributed by atoms with E-state index in [0.717, 1.165) is 0 Å². The fraction of sp³-hybridized carbons (Fsp3) is 0.250. The summed E-state index contributed by atoms with van der Waals surface area (Å²) in [6, 6.07) is 1.48. The van der Waals surface area contributed by atoms with Crippen LogP contribution in [0, 0.1) is 11.6 Å². The third kappa shape index (κ3) is 3.95. The van der Waals surface area contributed by atoms with Gasteiger partial charge in [0.05, 0.1) is 12.1 Å². The van der Waals surface area contributed by atoms with Crippen LogP contribution in [-0.2, 0) is 16.1 Å². The molecule has 0 unspecified atom stereocenters. The molecule has 0 spiro atoms. The molecule has 0 aliphatic heterocycles. The smallest absolute Gasteiger partial charge is 0.216 e. The Bertz CT molecular complexity index is 518. The predicted octanol–water partition coefficient (Wildman–Crippen LogP) is 0.850. The van der Waals surface area contributed by atoms with E-state index < -0.39 is 39.9 Å². The highest BCUT2D eigenvalue weighted by Gasteiger charge is 2.35. The van der Waals surface area contributed by atoms with Crippen molar-refractivity contribution in [2.45, 2.75) is 5.92 Å². The molecule has 0 aromatic heterocycles. The van der Waals surface area contributed by atoms with E-state index in [0.29, 0.717) is 18.2 Å². The van der Waals surface area contributed by atoms with Crippen molar-refractivity contribution < 1.29 is 26.0 Å². The predicted molar refractivity (Wildman–Crippen MR) is 51.4 cm³/mol. The van der Waals surface area contributed by atoms with E-state index in [1.54, 1.807) is 0 Å². The molecule has 0 heterocycles. The lowest BCUT2D eigenvalue weighted by Crippen LogP contribution is -2.39. The largest absolute Gasteiger partial charge is 0.289 e. The van der Waals surface area contributed by atoms with E-state index in [2.05, 4.69) is 5.14 Å². The second-order valence-electron chi connectivity index (χ2n) is 3.19. The molecule has 96 valence electrons. The standard InChI is InChI=1S/C8H8F4N2O2S/c9-5-1-2-7(10)6(3-5)8(11,12)4-14-17(13,15)16/h1-3,14H,4H2,(H2,13,15,16). The summed E-state index contributed by atoms with van der Waals surface area (Å²) in [5, 5.41) is 4.45. The number of alkyl halides is 2. The Morgan fingerprint density at radius 3 is 2.41 bits per heavy atom. The summed E-state index contributed by atoms with van der Waals surface area (Å²) in [6.45, 7) is -1.45. The quantitative estimate of drug-likeness (QED) is 0.798. The first kappa shape index (κ1) is 13.9. The van der Waals surface area contributed by atoms with Crippen LogP contribution in [0.4, 0.5) is 17.6 Å². The van der Waals surface area contributed by atoms with Gasteiger partial charge in [-0.3, -0.25) is 0 Å². The Morgan fingerprint density at radius 1 is 1.29 bits per heavy atom. The van der Waals surface area contributed by atoms with Crippen LogP contribution in [0.2, 0.25) is 0 Å². The van der Waals surface area contributed by atoms with Gasteiger partial charge >= 0.3 is 0 Å².